The first-order valence-electron chi connectivity index (χ1n) is 3.55. The summed E-state index contributed by atoms with van der Waals surface area (Å²) >= 11 is 7.74. The number of benzene rings is 1. The maximum Gasteiger partial charge on any atom is 0.0660 e. The van der Waals surface area contributed by atoms with Gasteiger partial charge in [-0.15, -0.1) is 12.6 Å². The van der Waals surface area contributed by atoms with Crippen molar-refractivity contribution >= 4 is 34.2 Å². The van der Waals surface area contributed by atoms with Gasteiger partial charge in [0, 0.05) is 23.5 Å². The highest BCUT2D eigenvalue weighted by molar-refractivity contribution is 9.10. The largest absolute Gasteiger partial charge is 0.311 e. The number of thiol groups is 1. The van der Waals surface area contributed by atoms with Crippen LogP contribution in [0.25, 0.3) is 0 Å². The minimum Gasteiger partial charge on any atom is -0.311 e. The fraction of sp³-hybridized carbons (Fsp3) is 0.250. The van der Waals surface area contributed by atoms with Gasteiger partial charge in [0.05, 0.1) is 5.69 Å². The highest BCUT2D eigenvalue weighted by Gasteiger charge is 2.02. The number of nitrogens with zero attached hydrogens (tertiary/aromatic N) is 1. The molecule has 12 heavy (non-hydrogen) atoms. The molecule has 0 saturated heterocycles. The third-order valence-corrected chi connectivity index (χ3v) is 2.51. The van der Waals surface area contributed by atoms with Crippen LogP contribution in [0.15, 0.2) is 27.6 Å². The smallest absolute Gasteiger partial charge is 0.0660 e. The molecule has 0 aromatic heterocycles. The van der Waals surface area contributed by atoms with E-state index in [0.717, 1.165) is 15.1 Å². The predicted molar refractivity (Wildman–Crippen MR) is 58.9 cm³/mol. The summed E-state index contributed by atoms with van der Waals surface area (Å²) in [6.45, 7) is 0. The normalized spacial score (nSPS) is 10.0. The Bertz CT molecular complexity index is 278. The average Bonchev–Trinajstić information content (AvgIpc) is 2.08. The van der Waals surface area contributed by atoms with Crippen molar-refractivity contribution in [2.24, 2.45) is 0 Å². The van der Waals surface area contributed by atoms with E-state index in [9.17, 15) is 0 Å². The van der Waals surface area contributed by atoms with E-state index in [1.54, 1.807) is 0 Å². The molecule has 0 saturated carbocycles. The first kappa shape index (κ1) is 9.89. The average molecular weight is 247 g/mol. The van der Waals surface area contributed by atoms with Crippen LogP contribution in [0.1, 0.15) is 0 Å². The van der Waals surface area contributed by atoms with E-state index >= 15 is 0 Å². The number of halogens is 1. The van der Waals surface area contributed by atoms with Crippen molar-refractivity contribution < 1.29 is 0 Å². The summed E-state index contributed by atoms with van der Waals surface area (Å²) in [5.41, 5.74) is 4.06. The Morgan fingerprint density at radius 3 is 2.75 bits per heavy atom. The molecule has 1 rings (SSSR count). The van der Waals surface area contributed by atoms with E-state index in [1.165, 1.54) is 0 Å². The molecule has 4 heteroatoms. The Morgan fingerprint density at radius 2 is 2.17 bits per heavy atom. The Morgan fingerprint density at radius 1 is 1.50 bits per heavy atom. The number of rotatable bonds is 2. The molecule has 0 aliphatic carbocycles. The monoisotopic (exact) mass is 246 g/mol. The maximum atomic E-state index is 4.34. The second-order valence-electron chi connectivity index (χ2n) is 2.42. The molecule has 0 fully saturated rings. The van der Waals surface area contributed by atoms with Gasteiger partial charge in [0.15, 0.2) is 0 Å². The summed E-state index contributed by atoms with van der Waals surface area (Å²) in [7, 11) is 3.82. The standard InChI is InChI=1S/C8H11BrN2S/c1-10-11(2)7-5-6(9)3-4-8(7)12/h3-5,10,12H,1-2H3. The second-order valence-corrected chi connectivity index (χ2v) is 3.81. The third-order valence-electron chi connectivity index (χ3n) is 1.63. The fourth-order valence-corrected chi connectivity index (χ4v) is 1.52. The van der Waals surface area contributed by atoms with Crippen molar-refractivity contribution in [3.8, 4) is 0 Å². The topological polar surface area (TPSA) is 15.3 Å². The van der Waals surface area contributed by atoms with E-state index in [2.05, 4.69) is 34.0 Å². The second kappa shape index (κ2) is 4.16. The van der Waals surface area contributed by atoms with Crippen molar-refractivity contribution in [1.82, 2.24) is 5.43 Å². The maximum absolute atomic E-state index is 4.34. The lowest BCUT2D eigenvalue weighted by Gasteiger charge is -2.19. The van der Waals surface area contributed by atoms with Gasteiger partial charge in [-0.2, -0.15) is 0 Å². The number of nitrogens with one attached hydrogen (secondary N) is 1. The molecule has 1 N–H and O–H groups in total. The highest BCUT2D eigenvalue weighted by Crippen LogP contribution is 2.25. The van der Waals surface area contributed by atoms with E-state index in [1.807, 2.05) is 37.3 Å². The molecular weight excluding hydrogens is 236 g/mol. The molecule has 1 aromatic rings. The fourth-order valence-electron chi connectivity index (χ4n) is 0.886. The first-order valence-corrected chi connectivity index (χ1v) is 4.79. The van der Waals surface area contributed by atoms with Gasteiger partial charge in [-0.25, -0.2) is 5.43 Å². The molecule has 0 aliphatic heterocycles. The highest BCUT2D eigenvalue weighted by atomic mass is 79.9. The van der Waals surface area contributed by atoms with Crippen molar-refractivity contribution in [3.63, 3.8) is 0 Å². The molecule has 0 amide bonds. The third kappa shape index (κ3) is 2.15. The molecule has 0 spiro atoms. The summed E-state index contributed by atoms with van der Waals surface area (Å²) in [6.07, 6.45) is 0. The van der Waals surface area contributed by atoms with Crippen LogP contribution < -0.4 is 10.4 Å². The van der Waals surface area contributed by atoms with Gasteiger partial charge in [-0.1, -0.05) is 15.9 Å². The number of hydrogen-bond acceptors (Lipinski definition) is 3. The van der Waals surface area contributed by atoms with Crippen LogP contribution in [0.5, 0.6) is 0 Å². The first-order chi connectivity index (χ1) is 5.65. The summed E-state index contributed by atoms with van der Waals surface area (Å²) in [6, 6.07) is 5.94. The van der Waals surface area contributed by atoms with Crippen molar-refractivity contribution in [1.29, 1.82) is 0 Å². The quantitative estimate of drug-likeness (QED) is 0.616. The van der Waals surface area contributed by atoms with Crippen LogP contribution in [0.2, 0.25) is 0 Å². The Hall–Kier alpha value is -0.190. The Kier molecular flexibility index (Phi) is 3.43. The lowest BCUT2D eigenvalue weighted by molar-refractivity contribution is 0.783. The van der Waals surface area contributed by atoms with E-state index < -0.39 is 0 Å². The van der Waals surface area contributed by atoms with Gasteiger partial charge in [0.25, 0.3) is 0 Å². The molecule has 0 unspecified atom stereocenters. The minimum atomic E-state index is 0.954. The van der Waals surface area contributed by atoms with Crippen molar-refractivity contribution in [2.75, 3.05) is 19.1 Å². The molecular formula is C8H11BrN2S. The molecule has 0 radical (unpaired) electrons. The molecule has 0 aliphatic rings. The zero-order valence-electron chi connectivity index (χ0n) is 7.00. The van der Waals surface area contributed by atoms with Gasteiger partial charge < -0.3 is 5.01 Å². The Balaban J connectivity index is 3.04. The molecule has 0 bridgehead atoms. The van der Waals surface area contributed by atoms with Crippen LogP contribution in [-0.2, 0) is 0 Å². The predicted octanol–water partition coefficient (Wildman–Crippen LogP) is 2.31. The van der Waals surface area contributed by atoms with Crippen LogP contribution in [0.3, 0.4) is 0 Å². The van der Waals surface area contributed by atoms with E-state index in [-0.39, 0.29) is 0 Å². The summed E-state index contributed by atoms with van der Waals surface area (Å²) < 4.78 is 1.05. The summed E-state index contributed by atoms with van der Waals surface area (Å²) in [5.74, 6) is 0. The zero-order chi connectivity index (χ0) is 9.14. The van der Waals surface area contributed by atoms with Crippen LogP contribution >= 0.6 is 28.6 Å². The van der Waals surface area contributed by atoms with E-state index in [0.29, 0.717) is 0 Å². The number of hydrogen-bond donors (Lipinski definition) is 2. The molecule has 2 nitrogen and oxygen atoms in total. The van der Waals surface area contributed by atoms with Crippen LogP contribution in [-0.4, -0.2) is 14.1 Å². The minimum absolute atomic E-state index is 0.954. The molecule has 1 aromatic carbocycles. The lowest BCUT2D eigenvalue weighted by atomic mass is 10.3. The molecule has 66 valence electrons. The Labute approximate surface area is 86.5 Å². The van der Waals surface area contributed by atoms with Crippen LogP contribution in [0, 0.1) is 0 Å². The van der Waals surface area contributed by atoms with Gasteiger partial charge in [0.2, 0.25) is 0 Å². The summed E-state index contributed by atoms with van der Waals surface area (Å²) in [4.78, 5) is 0.954. The van der Waals surface area contributed by atoms with Gasteiger partial charge in [-0.05, 0) is 18.2 Å². The SMILES string of the molecule is CNN(C)c1cc(Br)ccc1S. The molecule has 0 heterocycles. The zero-order valence-corrected chi connectivity index (χ0v) is 9.48. The van der Waals surface area contributed by atoms with Gasteiger partial charge >= 0.3 is 0 Å². The van der Waals surface area contributed by atoms with Gasteiger partial charge in [-0.3, -0.25) is 0 Å². The lowest BCUT2D eigenvalue weighted by Crippen LogP contribution is -2.30. The van der Waals surface area contributed by atoms with Crippen LogP contribution in [0.4, 0.5) is 5.69 Å². The molecule has 0 atom stereocenters. The van der Waals surface area contributed by atoms with Crippen molar-refractivity contribution in [3.05, 3.63) is 22.7 Å². The summed E-state index contributed by atoms with van der Waals surface area (Å²) in [5, 5.41) is 1.91. The number of anilines is 1. The van der Waals surface area contributed by atoms with Crippen molar-refractivity contribution in [2.45, 2.75) is 4.90 Å². The van der Waals surface area contributed by atoms with E-state index in [4.69, 9.17) is 0 Å². The van der Waals surface area contributed by atoms with Gasteiger partial charge in [0.1, 0.15) is 0 Å². The number of hydrazine groups is 1.